The standard InChI is InChI=1S/C16H22N2O2/c1-3-12-7-4-6-11(2)15(12)18-14(19)10-17-16(20)13-8-5-9-13/h4,6-7,13H,3,5,8-10H2,1-2H3,(H,17,20)(H,18,19). The Hall–Kier alpha value is -1.84. The van der Waals surface area contributed by atoms with Crippen molar-refractivity contribution in [3.63, 3.8) is 0 Å². The van der Waals surface area contributed by atoms with E-state index < -0.39 is 0 Å². The first kappa shape index (κ1) is 14.6. The molecule has 2 N–H and O–H groups in total. The van der Waals surface area contributed by atoms with E-state index in [2.05, 4.69) is 17.6 Å². The van der Waals surface area contributed by atoms with E-state index in [1.165, 1.54) is 0 Å². The van der Waals surface area contributed by atoms with Gasteiger partial charge in [-0.2, -0.15) is 0 Å². The monoisotopic (exact) mass is 274 g/mol. The second kappa shape index (κ2) is 6.55. The van der Waals surface area contributed by atoms with Gasteiger partial charge >= 0.3 is 0 Å². The average Bonchev–Trinajstić information content (AvgIpc) is 2.36. The Labute approximate surface area is 119 Å². The van der Waals surface area contributed by atoms with Crippen LogP contribution in [-0.2, 0) is 16.0 Å². The zero-order valence-electron chi connectivity index (χ0n) is 12.2. The molecule has 0 radical (unpaired) electrons. The third-order valence-corrected chi connectivity index (χ3v) is 3.90. The Kier molecular flexibility index (Phi) is 4.77. The molecule has 0 aromatic heterocycles. The number of carbonyl (C=O) groups excluding carboxylic acids is 2. The highest BCUT2D eigenvalue weighted by Crippen LogP contribution is 2.26. The van der Waals surface area contributed by atoms with E-state index in [1.54, 1.807) is 0 Å². The minimum absolute atomic E-state index is 0.00639. The van der Waals surface area contributed by atoms with Gasteiger partial charge in [0.05, 0.1) is 6.54 Å². The maximum absolute atomic E-state index is 11.9. The van der Waals surface area contributed by atoms with Crippen molar-refractivity contribution in [3.05, 3.63) is 29.3 Å². The van der Waals surface area contributed by atoms with Gasteiger partial charge in [0.15, 0.2) is 0 Å². The first-order valence-corrected chi connectivity index (χ1v) is 7.28. The zero-order valence-corrected chi connectivity index (χ0v) is 12.2. The van der Waals surface area contributed by atoms with Gasteiger partial charge in [-0.3, -0.25) is 9.59 Å². The lowest BCUT2D eigenvalue weighted by Crippen LogP contribution is -2.39. The smallest absolute Gasteiger partial charge is 0.243 e. The fraction of sp³-hybridized carbons (Fsp3) is 0.500. The van der Waals surface area contributed by atoms with Gasteiger partial charge in [0, 0.05) is 11.6 Å². The van der Waals surface area contributed by atoms with Crippen LogP contribution in [-0.4, -0.2) is 18.4 Å². The van der Waals surface area contributed by atoms with Gasteiger partial charge in [0.1, 0.15) is 0 Å². The number of nitrogens with one attached hydrogen (secondary N) is 2. The topological polar surface area (TPSA) is 58.2 Å². The van der Waals surface area contributed by atoms with E-state index in [0.717, 1.165) is 42.5 Å². The van der Waals surface area contributed by atoms with Gasteiger partial charge in [-0.25, -0.2) is 0 Å². The van der Waals surface area contributed by atoms with Crippen LogP contribution in [0.5, 0.6) is 0 Å². The lowest BCUT2D eigenvalue weighted by Gasteiger charge is -2.24. The van der Waals surface area contributed by atoms with Crippen LogP contribution in [0.1, 0.15) is 37.3 Å². The summed E-state index contributed by atoms with van der Waals surface area (Å²) >= 11 is 0. The van der Waals surface area contributed by atoms with Crippen molar-refractivity contribution in [1.29, 1.82) is 0 Å². The van der Waals surface area contributed by atoms with Crippen molar-refractivity contribution < 1.29 is 9.59 Å². The maximum atomic E-state index is 11.9. The van der Waals surface area contributed by atoms with Crippen molar-refractivity contribution in [2.75, 3.05) is 11.9 Å². The van der Waals surface area contributed by atoms with Crippen molar-refractivity contribution in [1.82, 2.24) is 5.32 Å². The molecule has 2 rings (SSSR count). The van der Waals surface area contributed by atoms with Gasteiger partial charge in [-0.05, 0) is 37.3 Å². The summed E-state index contributed by atoms with van der Waals surface area (Å²) in [6.07, 6.45) is 3.88. The summed E-state index contributed by atoms with van der Waals surface area (Å²) in [6.45, 7) is 4.08. The first-order chi connectivity index (χ1) is 9.61. The van der Waals surface area contributed by atoms with Gasteiger partial charge in [0.25, 0.3) is 0 Å². The molecule has 4 nitrogen and oxygen atoms in total. The number of benzene rings is 1. The number of amides is 2. The predicted molar refractivity (Wildman–Crippen MR) is 79.5 cm³/mol. The molecule has 20 heavy (non-hydrogen) atoms. The predicted octanol–water partition coefficient (Wildman–Crippen LogP) is 2.41. The molecule has 1 aliphatic rings. The van der Waals surface area contributed by atoms with Crippen molar-refractivity contribution in [3.8, 4) is 0 Å². The summed E-state index contributed by atoms with van der Waals surface area (Å²) in [5.74, 6) is -0.0407. The maximum Gasteiger partial charge on any atom is 0.243 e. The fourth-order valence-electron chi connectivity index (χ4n) is 2.37. The summed E-state index contributed by atoms with van der Waals surface area (Å²) in [5.41, 5.74) is 3.03. The number of rotatable bonds is 5. The minimum Gasteiger partial charge on any atom is -0.347 e. The molecule has 2 amide bonds. The van der Waals surface area contributed by atoms with E-state index in [0.29, 0.717) is 0 Å². The largest absolute Gasteiger partial charge is 0.347 e. The summed E-state index contributed by atoms with van der Waals surface area (Å²) in [7, 11) is 0. The van der Waals surface area contributed by atoms with Gasteiger partial charge in [-0.1, -0.05) is 31.5 Å². The minimum atomic E-state index is -0.165. The number of anilines is 1. The third kappa shape index (κ3) is 3.38. The van der Waals surface area contributed by atoms with E-state index >= 15 is 0 Å². The Bertz CT molecular complexity index is 507. The molecular formula is C16H22N2O2. The molecule has 1 saturated carbocycles. The van der Waals surface area contributed by atoms with Crippen molar-refractivity contribution in [2.24, 2.45) is 5.92 Å². The second-order valence-electron chi connectivity index (χ2n) is 5.36. The Balaban J connectivity index is 1.89. The fourth-order valence-corrected chi connectivity index (χ4v) is 2.37. The average molecular weight is 274 g/mol. The highest BCUT2D eigenvalue weighted by atomic mass is 16.2. The van der Waals surface area contributed by atoms with Crippen LogP contribution in [0.25, 0.3) is 0 Å². The van der Waals surface area contributed by atoms with E-state index in [4.69, 9.17) is 0 Å². The SMILES string of the molecule is CCc1cccc(C)c1NC(=O)CNC(=O)C1CCC1. The molecular weight excluding hydrogens is 252 g/mol. The lowest BCUT2D eigenvalue weighted by molar-refractivity contribution is -0.129. The third-order valence-electron chi connectivity index (χ3n) is 3.90. The molecule has 1 aromatic rings. The second-order valence-corrected chi connectivity index (χ2v) is 5.36. The molecule has 108 valence electrons. The van der Waals surface area contributed by atoms with Crippen LogP contribution in [0.2, 0.25) is 0 Å². The quantitative estimate of drug-likeness (QED) is 0.866. The van der Waals surface area contributed by atoms with Crippen LogP contribution < -0.4 is 10.6 Å². The Morgan fingerprint density at radius 2 is 2.05 bits per heavy atom. The summed E-state index contributed by atoms with van der Waals surface area (Å²) < 4.78 is 0. The molecule has 0 saturated heterocycles. The summed E-state index contributed by atoms with van der Waals surface area (Å²) in [4.78, 5) is 23.6. The van der Waals surface area contributed by atoms with Crippen molar-refractivity contribution in [2.45, 2.75) is 39.5 Å². The van der Waals surface area contributed by atoms with Crippen LogP contribution in [0.3, 0.4) is 0 Å². The van der Waals surface area contributed by atoms with E-state index in [-0.39, 0.29) is 24.3 Å². The number of hydrogen-bond acceptors (Lipinski definition) is 2. The first-order valence-electron chi connectivity index (χ1n) is 7.28. The van der Waals surface area contributed by atoms with Crippen LogP contribution in [0.4, 0.5) is 5.69 Å². The highest BCUT2D eigenvalue weighted by molar-refractivity contribution is 5.96. The molecule has 4 heteroatoms. The number of para-hydroxylation sites is 1. The normalized spacial score (nSPS) is 14.5. The molecule has 1 aromatic carbocycles. The molecule has 1 fully saturated rings. The molecule has 0 spiro atoms. The van der Waals surface area contributed by atoms with Gasteiger partial charge < -0.3 is 10.6 Å². The molecule has 0 unspecified atom stereocenters. The van der Waals surface area contributed by atoms with Gasteiger partial charge in [0.2, 0.25) is 11.8 Å². The molecule has 0 aliphatic heterocycles. The summed E-state index contributed by atoms with van der Waals surface area (Å²) in [5, 5.41) is 5.62. The zero-order chi connectivity index (χ0) is 14.5. The van der Waals surface area contributed by atoms with Gasteiger partial charge in [-0.15, -0.1) is 0 Å². The molecule has 0 atom stereocenters. The van der Waals surface area contributed by atoms with Crippen molar-refractivity contribution >= 4 is 17.5 Å². The number of carbonyl (C=O) groups is 2. The molecule has 0 heterocycles. The van der Waals surface area contributed by atoms with Crippen LogP contribution in [0.15, 0.2) is 18.2 Å². The Morgan fingerprint density at radius 3 is 2.65 bits per heavy atom. The van der Waals surface area contributed by atoms with E-state index in [1.807, 2.05) is 25.1 Å². The number of aryl methyl sites for hydroxylation is 2. The van der Waals surface area contributed by atoms with E-state index in [9.17, 15) is 9.59 Å². The summed E-state index contributed by atoms with van der Waals surface area (Å²) in [6, 6.07) is 5.97. The molecule has 0 bridgehead atoms. The molecule has 1 aliphatic carbocycles. The Morgan fingerprint density at radius 1 is 1.30 bits per heavy atom. The highest BCUT2D eigenvalue weighted by Gasteiger charge is 2.25. The van der Waals surface area contributed by atoms with Crippen LogP contribution in [0, 0.1) is 12.8 Å². The lowest BCUT2D eigenvalue weighted by atomic mass is 9.85. The number of hydrogen-bond donors (Lipinski definition) is 2. The van der Waals surface area contributed by atoms with Crippen LogP contribution >= 0.6 is 0 Å².